The molecule has 1 aliphatic heterocycles. The fraction of sp³-hybridized carbons (Fsp3) is 0.419. The number of carbonyl (C=O) groups is 1. The van der Waals surface area contributed by atoms with Gasteiger partial charge in [-0.05, 0) is 72.6 Å². The molecule has 2 unspecified atom stereocenters. The van der Waals surface area contributed by atoms with Gasteiger partial charge < -0.3 is 9.64 Å². The van der Waals surface area contributed by atoms with Crippen LogP contribution in [0.4, 0.5) is 0 Å². The topological polar surface area (TPSA) is 79.8 Å². The lowest BCUT2D eigenvalue weighted by Gasteiger charge is -2.43. The predicted octanol–water partition coefficient (Wildman–Crippen LogP) is 5.65. The second kappa shape index (κ2) is 11.7. The van der Waals surface area contributed by atoms with Crippen LogP contribution in [0.1, 0.15) is 83.7 Å². The first kappa shape index (κ1) is 28.3. The second-order valence-corrected chi connectivity index (χ2v) is 13.4. The predicted molar refractivity (Wildman–Crippen MR) is 157 cm³/mol. The highest BCUT2D eigenvalue weighted by Gasteiger charge is 2.40. The molecule has 2 atom stereocenters. The van der Waals surface area contributed by atoms with Crippen molar-refractivity contribution < 1.29 is 17.9 Å². The fourth-order valence-corrected chi connectivity index (χ4v) is 7.69. The van der Waals surface area contributed by atoms with E-state index in [1.54, 1.807) is 31.7 Å². The van der Waals surface area contributed by atoms with Gasteiger partial charge in [0, 0.05) is 24.5 Å². The molecule has 9 heteroatoms. The highest BCUT2D eigenvalue weighted by atomic mass is 32.2. The Bertz CT molecular complexity index is 1520. The lowest BCUT2D eigenvalue weighted by atomic mass is 9.83. The number of ether oxygens (including phenoxy) is 1. The van der Waals surface area contributed by atoms with Crippen molar-refractivity contribution in [1.82, 2.24) is 14.2 Å². The first-order valence-electron chi connectivity index (χ1n) is 13.8. The molecule has 2 aromatic carbocycles. The van der Waals surface area contributed by atoms with Gasteiger partial charge in [-0.15, -0.1) is 17.8 Å². The van der Waals surface area contributed by atoms with Crippen LogP contribution < -0.4 is 4.74 Å². The van der Waals surface area contributed by atoms with Crippen LogP contribution in [-0.2, 0) is 16.4 Å². The minimum Gasteiger partial charge on any atom is -0.497 e. The Morgan fingerprint density at radius 2 is 1.98 bits per heavy atom. The van der Waals surface area contributed by atoms with Crippen LogP contribution in [0.5, 0.6) is 5.75 Å². The van der Waals surface area contributed by atoms with Gasteiger partial charge in [-0.3, -0.25) is 4.79 Å². The number of aromatic nitrogens is 1. The van der Waals surface area contributed by atoms with Crippen molar-refractivity contribution in [1.29, 1.82) is 0 Å². The number of thiazole rings is 1. The van der Waals surface area contributed by atoms with Crippen molar-refractivity contribution in [3.63, 3.8) is 0 Å². The van der Waals surface area contributed by atoms with E-state index in [2.05, 4.69) is 23.9 Å². The van der Waals surface area contributed by atoms with E-state index in [1.165, 1.54) is 15.6 Å². The lowest BCUT2D eigenvalue weighted by Crippen LogP contribution is -2.48. The highest BCUT2D eigenvalue weighted by molar-refractivity contribution is 7.89. The van der Waals surface area contributed by atoms with Crippen LogP contribution in [0.3, 0.4) is 0 Å². The molecule has 1 saturated carbocycles. The fourth-order valence-electron chi connectivity index (χ4n) is 5.68. The number of benzene rings is 2. The maximum absolute atomic E-state index is 14.1. The summed E-state index contributed by atoms with van der Waals surface area (Å²) in [5.41, 5.74) is 3.30. The monoisotopic (exact) mass is 577 g/mol. The smallest absolute Gasteiger partial charge is 0.274 e. The van der Waals surface area contributed by atoms with Crippen LogP contribution in [0.2, 0.25) is 0 Å². The summed E-state index contributed by atoms with van der Waals surface area (Å²) in [4.78, 5) is 20.7. The summed E-state index contributed by atoms with van der Waals surface area (Å²) >= 11 is 1.28. The maximum atomic E-state index is 14.1. The van der Waals surface area contributed by atoms with Gasteiger partial charge in [0.25, 0.3) is 5.91 Å². The molecule has 0 radical (unpaired) electrons. The van der Waals surface area contributed by atoms with Gasteiger partial charge in [0.15, 0.2) is 5.01 Å². The minimum absolute atomic E-state index is 0.0586. The molecule has 0 bridgehead atoms. The van der Waals surface area contributed by atoms with Crippen molar-refractivity contribution in [3.8, 4) is 18.1 Å². The molecule has 5 rings (SSSR count). The quantitative estimate of drug-likeness (QED) is 0.307. The molecule has 2 aliphatic rings. The van der Waals surface area contributed by atoms with Crippen molar-refractivity contribution in [3.05, 3.63) is 75.2 Å². The highest BCUT2D eigenvalue weighted by Crippen LogP contribution is 2.42. The van der Waals surface area contributed by atoms with E-state index in [0.29, 0.717) is 17.1 Å². The third-order valence-electron chi connectivity index (χ3n) is 8.21. The largest absolute Gasteiger partial charge is 0.497 e. The third-order valence-corrected chi connectivity index (χ3v) is 10.9. The Morgan fingerprint density at radius 1 is 1.23 bits per heavy atom. The van der Waals surface area contributed by atoms with E-state index in [-0.39, 0.29) is 22.9 Å². The number of methoxy groups -OCH3 is 1. The Kier molecular flexibility index (Phi) is 8.31. The number of rotatable bonds is 9. The molecule has 1 aromatic heterocycles. The third kappa shape index (κ3) is 5.28. The zero-order valence-electron chi connectivity index (χ0n) is 23.2. The number of nitrogens with zero attached hydrogens (tertiary/aromatic N) is 3. The molecule has 1 fully saturated rings. The van der Waals surface area contributed by atoms with Crippen LogP contribution in [0.25, 0.3) is 0 Å². The normalized spacial score (nSPS) is 19.1. The molecule has 2 heterocycles. The Labute approximate surface area is 241 Å². The summed E-state index contributed by atoms with van der Waals surface area (Å²) in [6.07, 6.45) is 11.9. The van der Waals surface area contributed by atoms with Crippen LogP contribution in [0.15, 0.2) is 52.7 Å². The van der Waals surface area contributed by atoms with E-state index in [4.69, 9.17) is 11.2 Å². The van der Waals surface area contributed by atoms with E-state index >= 15 is 0 Å². The molecule has 1 aliphatic carbocycles. The number of fused-ring (bicyclic) bond motifs is 1. The Hall–Kier alpha value is -3.19. The molecule has 0 spiro atoms. The molecular formula is C31H35N3O4S2. The molecular weight excluding hydrogens is 542 g/mol. The van der Waals surface area contributed by atoms with Gasteiger partial charge in [-0.2, -0.15) is 4.31 Å². The molecule has 0 N–H and O–H groups in total. The van der Waals surface area contributed by atoms with E-state index < -0.39 is 16.1 Å². The molecule has 0 saturated heterocycles. The number of hydrogen-bond acceptors (Lipinski definition) is 6. The minimum atomic E-state index is -3.60. The van der Waals surface area contributed by atoms with E-state index in [9.17, 15) is 13.2 Å². The average molecular weight is 578 g/mol. The van der Waals surface area contributed by atoms with Crippen molar-refractivity contribution in [2.75, 3.05) is 14.2 Å². The molecule has 3 aromatic rings. The van der Waals surface area contributed by atoms with Crippen LogP contribution in [-0.4, -0.2) is 54.8 Å². The number of terminal acetylenes is 1. The molecule has 7 nitrogen and oxygen atoms in total. The standard InChI is InChI=1S/C31H35N3O4S2/c1-5-7-9-24-18-22-19-25(38-4)14-17-27(22)30(34(24)31(35)28-20-39-29(6-2)32-28)21-12-15-26(16-13-21)40(36,37)33(3)23-10-8-11-23/h2,12-17,19-20,23-24,30H,5,7-11,18H2,1,3-4H3. The first-order chi connectivity index (χ1) is 19.3. The lowest BCUT2D eigenvalue weighted by molar-refractivity contribution is 0.0561. The SMILES string of the molecule is C#Cc1nc(C(=O)N2C(CCCC)Cc3cc(OC)ccc3C2c2ccc(S(=O)(=O)N(C)C3CCC3)cc2)cs1. The van der Waals surface area contributed by atoms with Gasteiger partial charge in [0.05, 0.1) is 18.0 Å². The number of amides is 1. The maximum Gasteiger partial charge on any atom is 0.274 e. The van der Waals surface area contributed by atoms with E-state index in [1.807, 2.05) is 29.2 Å². The molecule has 210 valence electrons. The zero-order valence-corrected chi connectivity index (χ0v) is 24.8. The Morgan fingerprint density at radius 3 is 2.58 bits per heavy atom. The number of hydrogen-bond donors (Lipinski definition) is 0. The summed E-state index contributed by atoms with van der Waals surface area (Å²) in [7, 11) is -0.291. The van der Waals surface area contributed by atoms with Crippen molar-refractivity contribution in [2.24, 2.45) is 0 Å². The second-order valence-electron chi connectivity index (χ2n) is 10.5. The summed E-state index contributed by atoms with van der Waals surface area (Å²) in [6, 6.07) is 12.6. The van der Waals surface area contributed by atoms with Crippen LogP contribution >= 0.6 is 11.3 Å². The summed E-state index contributed by atoms with van der Waals surface area (Å²) in [6.45, 7) is 2.14. The first-order valence-corrected chi connectivity index (χ1v) is 16.1. The molecule has 1 amide bonds. The van der Waals surface area contributed by atoms with Gasteiger partial charge in [0.1, 0.15) is 11.4 Å². The number of unbranched alkanes of at least 4 members (excludes halogenated alkanes) is 1. The van der Waals surface area contributed by atoms with Gasteiger partial charge in [0.2, 0.25) is 10.0 Å². The van der Waals surface area contributed by atoms with Crippen molar-refractivity contribution in [2.45, 2.75) is 74.9 Å². The average Bonchev–Trinajstić information content (AvgIpc) is 3.43. The van der Waals surface area contributed by atoms with Gasteiger partial charge in [-0.25, -0.2) is 13.4 Å². The number of sulfonamides is 1. The Balaban J connectivity index is 1.59. The zero-order chi connectivity index (χ0) is 28.4. The van der Waals surface area contributed by atoms with Crippen LogP contribution in [0, 0.1) is 12.3 Å². The summed E-state index contributed by atoms with van der Waals surface area (Å²) in [5.74, 6) is 3.12. The van der Waals surface area contributed by atoms with E-state index in [0.717, 1.165) is 61.0 Å². The van der Waals surface area contributed by atoms with Gasteiger partial charge in [-0.1, -0.05) is 44.4 Å². The summed E-state index contributed by atoms with van der Waals surface area (Å²) < 4.78 is 33.6. The van der Waals surface area contributed by atoms with Gasteiger partial charge >= 0.3 is 0 Å². The van der Waals surface area contributed by atoms with Crippen molar-refractivity contribution >= 4 is 27.3 Å². The number of carbonyl (C=O) groups excluding carboxylic acids is 1. The summed E-state index contributed by atoms with van der Waals surface area (Å²) in [5, 5.41) is 2.19. The molecule has 40 heavy (non-hydrogen) atoms.